The van der Waals surface area contributed by atoms with Gasteiger partial charge in [-0.2, -0.15) is 0 Å². The number of carbonyl (C=O) groups excluding carboxylic acids is 1. The van der Waals surface area contributed by atoms with Crippen molar-refractivity contribution in [1.82, 2.24) is 9.21 Å². The van der Waals surface area contributed by atoms with Crippen molar-refractivity contribution in [3.05, 3.63) is 29.6 Å². The zero-order chi connectivity index (χ0) is 18.1. The molecule has 1 aromatic carbocycles. The third kappa shape index (κ3) is 4.61. The van der Waals surface area contributed by atoms with E-state index in [0.717, 1.165) is 18.0 Å². The second kappa shape index (κ2) is 6.98. The Hall–Kier alpha value is -1.80. The van der Waals surface area contributed by atoms with E-state index in [-0.39, 0.29) is 16.5 Å². The van der Waals surface area contributed by atoms with Gasteiger partial charge in [-0.3, -0.25) is 0 Å². The lowest BCUT2D eigenvalue weighted by Gasteiger charge is -2.43. The quantitative estimate of drug-likeness (QED) is 0.836. The molecule has 0 bridgehead atoms. The van der Waals surface area contributed by atoms with Crippen LogP contribution in [0, 0.1) is 5.82 Å². The molecule has 24 heavy (non-hydrogen) atoms. The van der Waals surface area contributed by atoms with Crippen LogP contribution in [0.4, 0.5) is 9.18 Å². The number of amides is 1. The molecule has 0 aromatic heterocycles. The van der Waals surface area contributed by atoms with Gasteiger partial charge in [0.05, 0.1) is 16.5 Å². The first-order valence-corrected chi connectivity index (χ1v) is 8.26. The number of carboxylic acids is 1. The summed E-state index contributed by atoms with van der Waals surface area (Å²) >= 11 is 1.15. The van der Waals surface area contributed by atoms with Gasteiger partial charge in [-0.15, -0.1) is 0 Å². The minimum Gasteiger partial charge on any atom is -0.478 e. The third-order valence-corrected chi connectivity index (χ3v) is 4.53. The molecule has 2 rings (SSSR count). The highest BCUT2D eigenvalue weighted by Crippen LogP contribution is 2.32. The molecule has 1 amide bonds. The van der Waals surface area contributed by atoms with Crippen molar-refractivity contribution < 1.29 is 23.8 Å². The zero-order valence-electron chi connectivity index (χ0n) is 14.1. The number of hydrogen-bond donors (Lipinski definition) is 1. The summed E-state index contributed by atoms with van der Waals surface area (Å²) in [4.78, 5) is 24.7. The van der Waals surface area contributed by atoms with Crippen LogP contribution < -0.4 is 0 Å². The summed E-state index contributed by atoms with van der Waals surface area (Å²) in [5.74, 6) is -1.56. The minimum absolute atomic E-state index is 0.0157. The molecular formula is C16H21FN2O4S. The van der Waals surface area contributed by atoms with E-state index < -0.39 is 23.5 Å². The van der Waals surface area contributed by atoms with E-state index in [0.29, 0.717) is 13.1 Å². The van der Waals surface area contributed by atoms with E-state index in [2.05, 4.69) is 0 Å². The molecule has 0 radical (unpaired) electrons. The molecule has 0 spiro atoms. The number of halogens is 1. The molecule has 0 atom stereocenters. The highest BCUT2D eigenvalue weighted by molar-refractivity contribution is 7.97. The molecule has 0 saturated carbocycles. The van der Waals surface area contributed by atoms with Gasteiger partial charge in [0.2, 0.25) is 0 Å². The molecule has 1 aromatic rings. The van der Waals surface area contributed by atoms with Crippen LogP contribution in [0.25, 0.3) is 0 Å². The van der Waals surface area contributed by atoms with Gasteiger partial charge < -0.3 is 14.7 Å². The van der Waals surface area contributed by atoms with Crippen molar-refractivity contribution in [2.24, 2.45) is 0 Å². The first kappa shape index (κ1) is 18.5. The lowest BCUT2D eigenvalue weighted by Crippen LogP contribution is -2.57. The van der Waals surface area contributed by atoms with Gasteiger partial charge >= 0.3 is 12.1 Å². The summed E-state index contributed by atoms with van der Waals surface area (Å²) in [5.41, 5.74) is -0.508. The molecule has 132 valence electrons. The van der Waals surface area contributed by atoms with Gasteiger partial charge in [-0.1, -0.05) is 0 Å². The van der Waals surface area contributed by atoms with E-state index in [1.807, 2.05) is 4.31 Å². The number of carbonyl (C=O) groups is 2. The van der Waals surface area contributed by atoms with Crippen LogP contribution in [0.5, 0.6) is 0 Å². The fourth-order valence-corrected chi connectivity index (χ4v) is 3.17. The van der Waals surface area contributed by atoms with Crippen LogP contribution in [0.2, 0.25) is 0 Å². The van der Waals surface area contributed by atoms with E-state index in [9.17, 15) is 14.0 Å². The number of aromatic carboxylic acids is 1. The Morgan fingerprint density at radius 3 is 2.54 bits per heavy atom. The summed E-state index contributed by atoms with van der Waals surface area (Å²) in [7, 11) is 1.67. The number of rotatable bonds is 4. The van der Waals surface area contributed by atoms with Crippen molar-refractivity contribution in [2.45, 2.75) is 37.3 Å². The first-order chi connectivity index (χ1) is 11.1. The number of likely N-dealkylation sites (N-methyl/N-ethyl adjacent to an activating group) is 1. The third-order valence-electron chi connectivity index (χ3n) is 3.46. The van der Waals surface area contributed by atoms with Gasteiger partial charge in [-0.25, -0.2) is 18.3 Å². The topological polar surface area (TPSA) is 70.1 Å². The van der Waals surface area contributed by atoms with E-state index >= 15 is 0 Å². The van der Waals surface area contributed by atoms with E-state index in [1.165, 1.54) is 17.0 Å². The lowest BCUT2D eigenvalue weighted by molar-refractivity contribution is 0.0102. The van der Waals surface area contributed by atoms with Crippen LogP contribution in [0.1, 0.15) is 31.1 Å². The molecule has 1 N–H and O–H groups in total. The van der Waals surface area contributed by atoms with Gasteiger partial charge in [0.15, 0.2) is 0 Å². The Bertz CT molecular complexity index is 641. The molecule has 1 saturated heterocycles. The highest BCUT2D eigenvalue weighted by Gasteiger charge is 2.35. The Balaban J connectivity index is 1.90. The van der Waals surface area contributed by atoms with Crippen LogP contribution in [-0.4, -0.2) is 58.2 Å². The lowest BCUT2D eigenvalue weighted by atomic mass is 10.1. The van der Waals surface area contributed by atoms with E-state index in [4.69, 9.17) is 9.84 Å². The largest absolute Gasteiger partial charge is 0.478 e. The van der Waals surface area contributed by atoms with Crippen LogP contribution in [0.15, 0.2) is 23.1 Å². The van der Waals surface area contributed by atoms with Crippen molar-refractivity contribution in [3.8, 4) is 0 Å². The van der Waals surface area contributed by atoms with Crippen molar-refractivity contribution in [3.63, 3.8) is 0 Å². The number of ether oxygens (including phenoxy) is 1. The van der Waals surface area contributed by atoms with Crippen molar-refractivity contribution in [2.75, 3.05) is 20.1 Å². The molecule has 6 nitrogen and oxygen atoms in total. The van der Waals surface area contributed by atoms with Crippen LogP contribution >= 0.6 is 11.9 Å². The Kier molecular flexibility index (Phi) is 5.39. The average molecular weight is 356 g/mol. The average Bonchev–Trinajstić information content (AvgIpc) is 2.41. The predicted molar refractivity (Wildman–Crippen MR) is 88.6 cm³/mol. The van der Waals surface area contributed by atoms with Gasteiger partial charge in [0, 0.05) is 20.1 Å². The fraction of sp³-hybridized carbons (Fsp3) is 0.500. The minimum atomic E-state index is -1.09. The van der Waals surface area contributed by atoms with Crippen molar-refractivity contribution >= 4 is 24.0 Å². The second-order valence-corrected chi connectivity index (χ2v) is 7.77. The number of nitrogens with zero attached hydrogens (tertiary/aromatic N) is 2. The first-order valence-electron chi connectivity index (χ1n) is 7.48. The van der Waals surface area contributed by atoms with Gasteiger partial charge in [0.25, 0.3) is 0 Å². The summed E-state index contributed by atoms with van der Waals surface area (Å²) in [6, 6.07) is 3.68. The Morgan fingerprint density at radius 2 is 2.00 bits per heavy atom. The molecule has 0 unspecified atom stereocenters. The maximum atomic E-state index is 13.8. The summed E-state index contributed by atoms with van der Waals surface area (Å²) in [6.45, 7) is 6.52. The molecule has 1 aliphatic rings. The Labute approximate surface area is 144 Å². The fourth-order valence-electron chi connectivity index (χ4n) is 2.06. The monoisotopic (exact) mass is 356 g/mol. The predicted octanol–water partition coefficient (Wildman–Crippen LogP) is 3.08. The van der Waals surface area contributed by atoms with Gasteiger partial charge in [0.1, 0.15) is 11.4 Å². The van der Waals surface area contributed by atoms with Crippen LogP contribution in [-0.2, 0) is 4.74 Å². The zero-order valence-corrected chi connectivity index (χ0v) is 14.9. The molecule has 1 fully saturated rings. The summed E-state index contributed by atoms with van der Waals surface area (Å²) < 4.78 is 21.0. The summed E-state index contributed by atoms with van der Waals surface area (Å²) in [6.07, 6.45) is -0.392. The second-order valence-electron chi connectivity index (χ2n) is 6.63. The number of hydrogen-bond acceptors (Lipinski definition) is 5. The standard InChI is InChI=1S/C16H21FN2O4S/c1-16(2,3)23-15(22)18(4)11-8-19(9-11)24-13-7-10(14(20)21)5-6-12(13)17/h5-7,11H,8-9H2,1-4H3,(H,20,21). The Morgan fingerprint density at radius 1 is 1.38 bits per heavy atom. The smallest absolute Gasteiger partial charge is 0.410 e. The number of carboxylic acid groups (broad SMARTS) is 1. The normalized spacial score (nSPS) is 15.7. The number of benzene rings is 1. The molecule has 1 heterocycles. The molecule has 8 heteroatoms. The SMILES string of the molecule is CN(C(=O)OC(C)(C)C)C1CN(Sc2cc(C(=O)O)ccc2F)C1. The summed E-state index contributed by atoms with van der Waals surface area (Å²) in [5, 5.41) is 8.97. The maximum absolute atomic E-state index is 13.8. The maximum Gasteiger partial charge on any atom is 0.410 e. The van der Waals surface area contributed by atoms with Crippen molar-refractivity contribution in [1.29, 1.82) is 0 Å². The van der Waals surface area contributed by atoms with Crippen LogP contribution in [0.3, 0.4) is 0 Å². The molecular weight excluding hydrogens is 335 g/mol. The molecule has 0 aliphatic carbocycles. The van der Waals surface area contributed by atoms with Gasteiger partial charge in [-0.05, 0) is 50.9 Å². The van der Waals surface area contributed by atoms with E-state index in [1.54, 1.807) is 27.8 Å². The highest BCUT2D eigenvalue weighted by atomic mass is 32.2. The molecule has 1 aliphatic heterocycles.